The number of carboxylic acid groups (broad SMARTS) is 1. The maximum absolute atomic E-state index is 11.1. The average molecular weight is 324 g/mol. The Hall–Kier alpha value is -1.72. The predicted octanol–water partition coefficient (Wildman–Crippen LogP) is 4.21. The van der Waals surface area contributed by atoms with Crippen molar-refractivity contribution in [2.75, 3.05) is 12.4 Å². The highest BCUT2D eigenvalue weighted by molar-refractivity contribution is 7.16. The van der Waals surface area contributed by atoms with Crippen LogP contribution < -0.4 is 10.1 Å². The second-order valence-electron chi connectivity index (χ2n) is 4.88. The largest absolute Gasteiger partial charge is 0.495 e. The van der Waals surface area contributed by atoms with Gasteiger partial charge in [-0.1, -0.05) is 11.6 Å². The van der Waals surface area contributed by atoms with E-state index in [-0.39, 0.29) is 11.6 Å². The molecule has 0 bridgehead atoms. The number of hydrogen-bond donors (Lipinski definition) is 2. The number of anilines is 1. The zero-order valence-corrected chi connectivity index (χ0v) is 12.9. The summed E-state index contributed by atoms with van der Waals surface area (Å²) in [6.07, 6.45) is 1.96. The number of ether oxygens (including phenoxy) is 1. The zero-order valence-electron chi connectivity index (χ0n) is 11.4. The molecule has 0 amide bonds. The smallest absolute Gasteiger partial charge is 0.335 e. The SMILES string of the molecule is COc1ccc(C(=O)O)cc1NC1CCc2sc(Cl)cc21. The summed E-state index contributed by atoms with van der Waals surface area (Å²) in [5, 5.41) is 12.5. The minimum absolute atomic E-state index is 0.140. The molecule has 1 aromatic carbocycles. The predicted molar refractivity (Wildman–Crippen MR) is 84.0 cm³/mol. The molecule has 1 aromatic heterocycles. The number of carboxylic acids is 1. The van der Waals surface area contributed by atoms with Crippen molar-refractivity contribution in [2.45, 2.75) is 18.9 Å². The maximum atomic E-state index is 11.1. The van der Waals surface area contributed by atoms with Crippen molar-refractivity contribution in [3.8, 4) is 5.75 Å². The molecule has 1 atom stereocenters. The van der Waals surface area contributed by atoms with Gasteiger partial charge in [-0.2, -0.15) is 0 Å². The molecule has 21 heavy (non-hydrogen) atoms. The summed E-state index contributed by atoms with van der Waals surface area (Å²) in [7, 11) is 1.57. The number of thiophene rings is 1. The molecular formula is C15H14ClNO3S. The highest BCUT2D eigenvalue weighted by Crippen LogP contribution is 2.42. The summed E-state index contributed by atoms with van der Waals surface area (Å²) in [6.45, 7) is 0. The summed E-state index contributed by atoms with van der Waals surface area (Å²) in [6, 6.07) is 6.94. The quantitative estimate of drug-likeness (QED) is 0.885. The van der Waals surface area contributed by atoms with Gasteiger partial charge in [-0.15, -0.1) is 11.3 Å². The van der Waals surface area contributed by atoms with Crippen molar-refractivity contribution < 1.29 is 14.6 Å². The highest BCUT2D eigenvalue weighted by atomic mass is 35.5. The van der Waals surface area contributed by atoms with E-state index in [1.165, 1.54) is 16.5 Å². The second-order valence-corrected chi connectivity index (χ2v) is 6.65. The number of aromatic carboxylic acids is 1. The molecule has 110 valence electrons. The van der Waals surface area contributed by atoms with Gasteiger partial charge in [-0.05, 0) is 42.7 Å². The number of benzene rings is 1. The average Bonchev–Trinajstić information content (AvgIpc) is 2.99. The van der Waals surface area contributed by atoms with Gasteiger partial charge in [0.15, 0.2) is 0 Å². The van der Waals surface area contributed by atoms with Crippen LogP contribution in [0, 0.1) is 0 Å². The Labute approximate surface area is 131 Å². The van der Waals surface area contributed by atoms with Crippen molar-refractivity contribution >= 4 is 34.6 Å². The van der Waals surface area contributed by atoms with Crippen molar-refractivity contribution in [3.63, 3.8) is 0 Å². The fourth-order valence-electron chi connectivity index (χ4n) is 2.62. The van der Waals surface area contributed by atoms with Gasteiger partial charge < -0.3 is 15.2 Å². The molecular weight excluding hydrogens is 310 g/mol. The Bertz CT molecular complexity index is 698. The van der Waals surface area contributed by atoms with E-state index in [9.17, 15) is 4.79 Å². The Morgan fingerprint density at radius 2 is 2.29 bits per heavy atom. The number of nitrogens with one attached hydrogen (secondary N) is 1. The molecule has 6 heteroatoms. The first kappa shape index (κ1) is 14.2. The highest BCUT2D eigenvalue weighted by Gasteiger charge is 2.26. The van der Waals surface area contributed by atoms with Crippen LogP contribution in [-0.2, 0) is 6.42 Å². The van der Waals surface area contributed by atoms with E-state index >= 15 is 0 Å². The van der Waals surface area contributed by atoms with Gasteiger partial charge >= 0.3 is 5.97 Å². The van der Waals surface area contributed by atoms with Crippen LogP contribution in [0.1, 0.15) is 33.3 Å². The molecule has 2 aromatic rings. The second kappa shape index (κ2) is 5.58. The lowest BCUT2D eigenvalue weighted by Crippen LogP contribution is -2.09. The molecule has 0 aliphatic heterocycles. The fraction of sp³-hybridized carbons (Fsp3) is 0.267. The normalized spacial score (nSPS) is 16.6. The Balaban J connectivity index is 1.91. The molecule has 0 fully saturated rings. The minimum Gasteiger partial charge on any atom is -0.495 e. The summed E-state index contributed by atoms with van der Waals surface area (Å²) >= 11 is 7.67. The van der Waals surface area contributed by atoms with Crippen LogP contribution in [0.15, 0.2) is 24.3 Å². The van der Waals surface area contributed by atoms with E-state index in [2.05, 4.69) is 5.32 Å². The zero-order chi connectivity index (χ0) is 15.0. The summed E-state index contributed by atoms with van der Waals surface area (Å²) in [5.41, 5.74) is 2.13. The number of rotatable bonds is 4. The monoisotopic (exact) mass is 323 g/mol. The van der Waals surface area contributed by atoms with Gasteiger partial charge in [0.05, 0.1) is 28.7 Å². The molecule has 2 N–H and O–H groups in total. The van der Waals surface area contributed by atoms with E-state index in [0.29, 0.717) is 11.4 Å². The summed E-state index contributed by atoms with van der Waals surface area (Å²) < 4.78 is 6.09. The van der Waals surface area contributed by atoms with Gasteiger partial charge in [0.1, 0.15) is 5.75 Å². The van der Waals surface area contributed by atoms with Crippen molar-refractivity contribution in [2.24, 2.45) is 0 Å². The lowest BCUT2D eigenvalue weighted by molar-refractivity contribution is 0.0697. The molecule has 1 aliphatic carbocycles. The summed E-state index contributed by atoms with van der Waals surface area (Å²) in [4.78, 5) is 12.4. The van der Waals surface area contributed by atoms with Crippen molar-refractivity contribution in [1.29, 1.82) is 0 Å². The third-order valence-corrected chi connectivity index (χ3v) is 4.96. The Morgan fingerprint density at radius 1 is 1.48 bits per heavy atom. The first-order chi connectivity index (χ1) is 10.1. The number of fused-ring (bicyclic) bond motifs is 1. The van der Waals surface area contributed by atoms with E-state index < -0.39 is 5.97 Å². The molecule has 3 rings (SSSR count). The van der Waals surface area contributed by atoms with Gasteiger partial charge in [0.2, 0.25) is 0 Å². The number of carbonyl (C=O) groups is 1. The topological polar surface area (TPSA) is 58.6 Å². The van der Waals surface area contributed by atoms with Crippen LogP contribution in [0.5, 0.6) is 5.75 Å². The van der Waals surface area contributed by atoms with E-state index in [4.69, 9.17) is 21.4 Å². The first-order valence-electron chi connectivity index (χ1n) is 6.54. The maximum Gasteiger partial charge on any atom is 0.335 e. The lowest BCUT2D eigenvalue weighted by Gasteiger charge is -2.17. The summed E-state index contributed by atoms with van der Waals surface area (Å²) in [5.74, 6) is -0.318. The minimum atomic E-state index is -0.952. The number of halogens is 1. The van der Waals surface area contributed by atoms with Crippen LogP contribution in [0.4, 0.5) is 5.69 Å². The lowest BCUT2D eigenvalue weighted by atomic mass is 10.1. The van der Waals surface area contributed by atoms with Gasteiger partial charge in [0.25, 0.3) is 0 Å². The van der Waals surface area contributed by atoms with Crippen LogP contribution in [0.2, 0.25) is 4.34 Å². The first-order valence-corrected chi connectivity index (χ1v) is 7.74. The van der Waals surface area contributed by atoms with Gasteiger partial charge in [-0.3, -0.25) is 0 Å². The molecule has 0 saturated carbocycles. The fourth-order valence-corrected chi connectivity index (χ4v) is 3.98. The molecule has 0 radical (unpaired) electrons. The van der Waals surface area contributed by atoms with Gasteiger partial charge in [0, 0.05) is 4.88 Å². The molecule has 1 unspecified atom stereocenters. The van der Waals surface area contributed by atoms with Gasteiger partial charge in [-0.25, -0.2) is 4.79 Å². The third kappa shape index (κ3) is 2.71. The molecule has 4 nitrogen and oxygen atoms in total. The third-order valence-electron chi connectivity index (χ3n) is 3.62. The Morgan fingerprint density at radius 3 is 3.00 bits per heavy atom. The number of aryl methyl sites for hydroxylation is 1. The molecule has 0 saturated heterocycles. The molecule has 1 aliphatic rings. The van der Waals surface area contributed by atoms with Crippen LogP contribution in [0.25, 0.3) is 0 Å². The van der Waals surface area contributed by atoms with E-state index in [0.717, 1.165) is 17.2 Å². The van der Waals surface area contributed by atoms with Crippen LogP contribution >= 0.6 is 22.9 Å². The van der Waals surface area contributed by atoms with Crippen molar-refractivity contribution in [3.05, 3.63) is 44.6 Å². The van der Waals surface area contributed by atoms with Crippen LogP contribution in [0.3, 0.4) is 0 Å². The number of hydrogen-bond acceptors (Lipinski definition) is 4. The van der Waals surface area contributed by atoms with E-state index in [1.807, 2.05) is 6.07 Å². The molecule has 0 spiro atoms. The standard InChI is InChI=1S/C15H14ClNO3S/c1-20-12-4-2-8(15(18)19)6-11(12)17-10-3-5-13-9(10)7-14(16)21-13/h2,4,6-7,10,17H,3,5H2,1H3,(H,18,19). The van der Waals surface area contributed by atoms with Crippen molar-refractivity contribution in [1.82, 2.24) is 0 Å². The van der Waals surface area contributed by atoms with Crippen LogP contribution in [-0.4, -0.2) is 18.2 Å². The Kier molecular flexibility index (Phi) is 3.78. The molecule has 1 heterocycles. The number of methoxy groups -OCH3 is 1. The van der Waals surface area contributed by atoms with E-state index in [1.54, 1.807) is 30.6 Å².